The van der Waals surface area contributed by atoms with Crippen LogP contribution in [0.2, 0.25) is 0 Å². The number of carbonyl (C=O) groups is 1. The Morgan fingerprint density at radius 1 is 1.80 bits per heavy atom. The van der Waals surface area contributed by atoms with E-state index in [1.807, 2.05) is 16.7 Å². The Hall–Kier alpha value is 0.130. The molecule has 0 saturated carbocycles. The lowest BCUT2D eigenvalue weighted by Crippen LogP contribution is -2.64. The van der Waals surface area contributed by atoms with Crippen LogP contribution in [0, 0.1) is 0 Å². The van der Waals surface area contributed by atoms with Gasteiger partial charge in [0.2, 0.25) is 5.91 Å². The second-order valence-corrected chi connectivity index (χ2v) is 3.88. The molecule has 2 fully saturated rings. The van der Waals surface area contributed by atoms with Crippen LogP contribution in [0.1, 0.15) is 0 Å². The van der Waals surface area contributed by atoms with Crippen molar-refractivity contribution in [2.45, 2.75) is 11.4 Å². The zero-order valence-electron chi connectivity index (χ0n) is 5.28. The molecule has 0 spiro atoms. The molecule has 56 valence electrons. The maximum Gasteiger partial charge on any atom is 0.244 e. The first-order valence-electron chi connectivity index (χ1n) is 3.16. The summed E-state index contributed by atoms with van der Waals surface area (Å²) in [7, 11) is 0. The molecule has 2 saturated heterocycles. The highest BCUT2D eigenvalue weighted by molar-refractivity contribution is 8.00. The molecule has 5 heteroatoms. The molecule has 0 radical (unpaired) electrons. The second-order valence-electron chi connectivity index (χ2n) is 2.40. The molecule has 2 rings (SSSR count). The zero-order chi connectivity index (χ0) is 7.14. The molecule has 1 amide bonds. The number of nitrogens with one attached hydrogen (secondary N) is 1. The smallest absolute Gasteiger partial charge is 0.244 e. The number of β-lactam (4-membered cyclic amide) rings is 1. The largest absolute Gasteiger partial charge is 0.326 e. The molecular weight excluding hydrogens is 168 g/mol. The Morgan fingerprint density at radius 2 is 2.60 bits per heavy atom. The summed E-state index contributed by atoms with van der Waals surface area (Å²) in [5, 5.41) is 0.366. The minimum absolute atomic E-state index is 0.0316. The molecule has 0 aromatic heterocycles. The molecule has 0 aliphatic carbocycles. The first-order valence-corrected chi connectivity index (χ1v) is 4.66. The summed E-state index contributed by atoms with van der Waals surface area (Å²) in [6.45, 7) is 0.917. The lowest BCUT2D eigenvalue weighted by molar-refractivity contribution is -0.143. The molecule has 2 aliphatic rings. The van der Waals surface area contributed by atoms with Crippen LogP contribution in [-0.2, 0) is 4.79 Å². The number of carbonyl (C=O) groups excluding carboxylic acids is 1. The van der Waals surface area contributed by atoms with Crippen molar-refractivity contribution in [2.75, 3.05) is 12.3 Å². The van der Waals surface area contributed by atoms with Gasteiger partial charge >= 0.3 is 0 Å². The number of nitrogens with zero attached hydrogens (tertiary/aromatic N) is 1. The van der Waals surface area contributed by atoms with E-state index in [4.69, 9.17) is 0 Å². The van der Waals surface area contributed by atoms with Crippen molar-refractivity contribution >= 4 is 30.5 Å². The third-order valence-corrected chi connectivity index (χ3v) is 3.47. The molecule has 2 aliphatic heterocycles. The van der Waals surface area contributed by atoms with E-state index < -0.39 is 0 Å². The molecule has 1 unspecified atom stereocenters. The predicted molar refractivity (Wildman–Crippen MR) is 43.9 cm³/mol. The summed E-state index contributed by atoms with van der Waals surface area (Å²) >= 11 is 5.70. The number of amides is 1. The van der Waals surface area contributed by atoms with Crippen molar-refractivity contribution in [1.29, 1.82) is 0 Å². The second kappa shape index (κ2) is 2.32. The Kier molecular flexibility index (Phi) is 1.58. The molecule has 10 heavy (non-hydrogen) atoms. The summed E-state index contributed by atoms with van der Waals surface area (Å²) in [5.74, 6) is 1.27. The van der Waals surface area contributed by atoms with Crippen molar-refractivity contribution in [2.24, 2.45) is 0 Å². The summed E-state index contributed by atoms with van der Waals surface area (Å²) < 4.78 is 2.70. The van der Waals surface area contributed by atoms with Gasteiger partial charge in [-0.05, 0) is 0 Å². The van der Waals surface area contributed by atoms with Crippen LogP contribution >= 0.6 is 24.6 Å². The number of fused-ring (bicyclic) bond motifs is 1. The van der Waals surface area contributed by atoms with Crippen molar-refractivity contribution < 1.29 is 4.79 Å². The maximum atomic E-state index is 11.1. The van der Waals surface area contributed by atoms with E-state index in [0.717, 1.165) is 12.3 Å². The lowest BCUT2D eigenvalue weighted by atomic mass is 10.1. The van der Waals surface area contributed by atoms with E-state index in [1.165, 1.54) is 0 Å². The number of thiol groups is 1. The average molecular weight is 176 g/mol. The highest BCUT2D eigenvalue weighted by Gasteiger charge is 2.49. The maximum absolute atomic E-state index is 11.1. The van der Waals surface area contributed by atoms with Gasteiger partial charge in [-0.1, -0.05) is 12.8 Å². The number of hydrogen-bond acceptors (Lipinski definition) is 4. The number of thioether (sulfide) groups is 1. The molecule has 2 atom stereocenters. The molecule has 1 N–H and O–H groups in total. The predicted octanol–water partition coefficient (Wildman–Crippen LogP) is -0.296. The summed E-state index contributed by atoms with van der Waals surface area (Å²) in [6.07, 6.45) is 0. The number of rotatable bonds is 1. The summed E-state index contributed by atoms with van der Waals surface area (Å²) in [5.41, 5.74) is 0. The Balaban J connectivity index is 2.08. The quantitative estimate of drug-likeness (QED) is 0.425. The Labute approximate surface area is 69.1 Å². The standard InChI is InChI=1S/C5H8N2OS2/c8-4-3(6-9)5-7(4)1-2-10-5/h3,5-6,9H,1-2H2/t3?,5-/m0/s1. The van der Waals surface area contributed by atoms with E-state index in [-0.39, 0.29) is 11.9 Å². The first-order chi connectivity index (χ1) is 4.84. The van der Waals surface area contributed by atoms with Gasteiger partial charge in [-0.2, -0.15) is 0 Å². The topological polar surface area (TPSA) is 32.3 Å². The Morgan fingerprint density at radius 3 is 3.30 bits per heavy atom. The fourth-order valence-electron chi connectivity index (χ4n) is 1.34. The van der Waals surface area contributed by atoms with Crippen molar-refractivity contribution in [3.63, 3.8) is 0 Å². The Bertz CT molecular complexity index is 175. The van der Waals surface area contributed by atoms with Crippen LogP contribution in [0.25, 0.3) is 0 Å². The highest BCUT2D eigenvalue weighted by Crippen LogP contribution is 2.35. The van der Waals surface area contributed by atoms with Gasteiger partial charge in [0.25, 0.3) is 0 Å². The molecular formula is C5H8N2OS2. The lowest BCUT2D eigenvalue weighted by Gasteiger charge is -2.40. The average Bonchev–Trinajstić information content (AvgIpc) is 2.33. The van der Waals surface area contributed by atoms with Gasteiger partial charge in [0.1, 0.15) is 11.4 Å². The van der Waals surface area contributed by atoms with Crippen molar-refractivity contribution in [3.8, 4) is 0 Å². The minimum atomic E-state index is -0.0316. The van der Waals surface area contributed by atoms with Crippen molar-refractivity contribution in [3.05, 3.63) is 0 Å². The van der Waals surface area contributed by atoms with E-state index >= 15 is 0 Å². The SMILES string of the molecule is O=C1C(NS)[C@@H]2SCCN12. The van der Waals surface area contributed by atoms with Crippen LogP contribution in [0.4, 0.5) is 0 Å². The van der Waals surface area contributed by atoms with E-state index in [0.29, 0.717) is 5.37 Å². The summed E-state index contributed by atoms with van der Waals surface area (Å²) in [4.78, 5) is 13.0. The van der Waals surface area contributed by atoms with Gasteiger partial charge in [0, 0.05) is 12.3 Å². The fraction of sp³-hybridized carbons (Fsp3) is 0.800. The van der Waals surface area contributed by atoms with E-state index in [2.05, 4.69) is 17.5 Å². The highest BCUT2D eigenvalue weighted by atomic mass is 32.2. The van der Waals surface area contributed by atoms with Crippen LogP contribution in [0.3, 0.4) is 0 Å². The van der Waals surface area contributed by atoms with Gasteiger partial charge in [0.15, 0.2) is 0 Å². The molecule has 0 aromatic carbocycles. The number of hydrogen-bond donors (Lipinski definition) is 2. The van der Waals surface area contributed by atoms with Gasteiger partial charge in [-0.3, -0.25) is 9.52 Å². The van der Waals surface area contributed by atoms with Crippen molar-refractivity contribution in [1.82, 2.24) is 9.62 Å². The van der Waals surface area contributed by atoms with Crippen LogP contribution in [0.15, 0.2) is 0 Å². The first kappa shape index (κ1) is 6.82. The summed E-state index contributed by atoms with van der Waals surface area (Å²) in [6, 6.07) is -0.0316. The third-order valence-electron chi connectivity index (χ3n) is 1.90. The van der Waals surface area contributed by atoms with Gasteiger partial charge in [0.05, 0.1) is 0 Å². The molecule has 2 heterocycles. The normalized spacial score (nSPS) is 37.7. The van der Waals surface area contributed by atoms with E-state index in [1.54, 1.807) is 0 Å². The molecule has 3 nitrogen and oxygen atoms in total. The van der Waals surface area contributed by atoms with Crippen LogP contribution in [0.5, 0.6) is 0 Å². The molecule has 0 aromatic rings. The molecule has 0 bridgehead atoms. The van der Waals surface area contributed by atoms with Gasteiger partial charge in [-0.15, -0.1) is 11.8 Å². The fourth-order valence-corrected chi connectivity index (χ4v) is 3.00. The van der Waals surface area contributed by atoms with Gasteiger partial charge < -0.3 is 4.90 Å². The zero-order valence-corrected chi connectivity index (χ0v) is 6.99. The monoisotopic (exact) mass is 176 g/mol. The minimum Gasteiger partial charge on any atom is -0.326 e. The van der Waals surface area contributed by atoms with E-state index in [9.17, 15) is 4.79 Å². The van der Waals surface area contributed by atoms with Gasteiger partial charge in [-0.25, -0.2) is 0 Å². The van der Waals surface area contributed by atoms with Crippen LogP contribution in [-0.4, -0.2) is 34.5 Å². The van der Waals surface area contributed by atoms with Crippen LogP contribution < -0.4 is 4.72 Å². The third kappa shape index (κ3) is 0.710.